The Kier molecular flexibility index (Phi) is 4.76. The Labute approximate surface area is 91.6 Å². The predicted octanol–water partition coefficient (Wildman–Crippen LogP) is 4.12. The molecule has 0 N–H and O–H groups in total. The van der Waals surface area contributed by atoms with Gasteiger partial charge in [-0.3, -0.25) is 0 Å². The summed E-state index contributed by atoms with van der Waals surface area (Å²) >= 11 is 4.16. The zero-order valence-electron chi connectivity index (χ0n) is 6.96. The average molecular weight is 290 g/mol. The minimum Gasteiger partial charge on any atom is -0.122 e. The van der Waals surface area contributed by atoms with Crippen LogP contribution in [0.4, 0.5) is 0 Å². The largest absolute Gasteiger partial charge is 0.122 e. The van der Waals surface area contributed by atoms with Crippen molar-refractivity contribution in [3.8, 4) is 0 Å². The number of halogens is 1. The SMILES string of the molecule is C/C(=C\I)CSc1ccccc1. The summed E-state index contributed by atoms with van der Waals surface area (Å²) in [7, 11) is 0. The van der Waals surface area contributed by atoms with Gasteiger partial charge in [-0.1, -0.05) is 46.4 Å². The van der Waals surface area contributed by atoms with E-state index in [2.05, 4.69) is 57.9 Å². The number of thioether (sulfide) groups is 1. The number of benzene rings is 1. The van der Waals surface area contributed by atoms with Crippen LogP contribution < -0.4 is 0 Å². The third-order valence-electron chi connectivity index (χ3n) is 1.40. The van der Waals surface area contributed by atoms with Gasteiger partial charge in [-0.05, 0) is 23.1 Å². The molecule has 1 aromatic carbocycles. The topological polar surface area (TPSA) is 0 Å². The van der Waals surface area contributed by atoms with E-state index in [0.29, 0.717) is 0 Å². The molecule has 0 aliphatic heterocycles. The van der Waals surface area contributed by atoms with Crippen LogP contribution in [0.1, 0.15) is 6.92 Å². The smallest absolute Gasteiger partial charge is 0.0195 e. The Balaban J connectivity index is 2.44. The second-order valence-corrected chi connectivity index (χ2v) is 4.23. The summed E-state index contributed by atoms with van der Waals surface area (Å²) < 4.78 is 2.13. The van der Waals surface area contributed by atoms with Crippen LogP contribution in [0.2, 0.25) is 0 Å². The molecule has 1 aromatic rings. The Hall–Kier alpha value is 0.0400. The predicted molar refractivity (Wildman–Crippen MR) is 64.9 cm³/mol. The van der Waals surface area contributed by atoms with Crippen molar-refractivity contribution in [3.63, 3.8) is 0 Å². The summed E-state index contributed by atoms with van der Waals surface area (Å²) in [5.41, 5.74) is 1.42. The summed E-state index contributed by atoms with van der Waals surface area (Å²) in [5.74, 6) is 1.09. The molecule has 0 unspecified atom stereocenters. The van der Waals surface area contributed by atoms with Gasteiger partial charge in [0.15, 0.2) is 0 Å². The van der Waals surface area contributed by atoms with Crippen molar-refractivity contribution in [2.45, 2.75) is 11.8 Å². The van der Waals surface area contributed by atoms with E-state index in [1.165, 1.54) is 10.5 Å². The van der Waals surface area contributed by atoms with Crippen LogP contribution in [0.3, 0.4) is 0 Å². The fraction of sp³-hybridized carbons (Fsp3) is 0.200. The number of hydrogen-bond acceptors (Lipinski definition) is 1. The minimum absolute atomic E-state index is 1.09. The molecule has 0 fully saturated rings. The first kappa shape index (κ1) is 10.1. The van der Waals surface area contributed by atoms with Crippen molar-refractivity contribution in [3.05, 3.63) is 40.0 Å². The van der Waals surface area contributed by atoms with Crippen molar-refractivity contribution in [2.75, 3.05) is 5.75 Å². The second kappa shape index (κ2) is 5.65. The summed E-state index contributed by atoms with van der Waals surface area (Å²) in [4.78, 5) is 1.34. The molecule has 0 nitrogen and oxygen atoms in total. The van der Waals surface area contributed by atoms with Crippen molar-refractivity contribution < 1.29 is 0 Å². The molecular weight excluding hydrogens is 279 g/mol. The molecule has 0 aliphatic rings. The van der Waals surface area contributed by atoms with Gasteiger partial charge in [-0.25, -0.2) is 0 Å². The van der Waals surface area contributed by atoms with Gasteiger partial charge >= 0.3 is 0 Å². The third kappa shape index (κ3) is 3.63. The maximum atomic E-state index is 2.28. The van der Waals surface area contributed by atoms with Crippen LogP contribution in [0.15, 0.2) is 44.9 Å². The van der Waals surface area contributed by atoms with Crippen LogP contribution >= 0.6 is 34.4 Å². The van der Waals surface area contributed by atoms with Gasteiger partial charge in [0.1, 0.15) is 0 Å². The summed E-state index contributed by atoms with van der Waals surface area (Å²) in [6.07, 6.45) is 0. The maximum Gasteiger partial charge on any atom is 0.0195 e. The van der Waals surface area contributed by atoms with E-state index in [0.717, 1.165) is 5.75 Å². The first-order valence-corrected chi connectivity index (χ1v) is 6.00. The molecule has 64 valence electrons. The van der Waals surface area contributed by atoms with Crippen LogP contribution in [0.25, 0.3) is 0 Å². The summed E-state index contributed by atoms with van der Waals surface area (Å²) in [6.45, 7) is 2.16. The molecule has 0 saturated carbocycles. The molecular formula is C10H11IS. The summed E-state index contributed by atoms with van der Waals surface area (Å²) in [5, 5.41) is 0. The van der Waals surface area contributed by atoms with Crippen LogP contribution in [0, 0.1) is 0 Å². The highest BCUT2D eigenvalue weighted by Gasteiger charge is 1.92. The van der Waals surface area contributed by atoms with E-state index in [-0.39, 0.29) is 0 Å². The van der Waals surface area contributed by atoms with Gasteiger partial charge in [0.25, 0.3) is 0 Å². The highest BCUT2D eigenvalue weighted by Crippen LogP contribution is 2.19. The molecule has 2 heteroatoms. The van der Waals surface area contributed by atoms with Crippen molar-refractivity contribution >= 4 is 34.4 Å². The molecule has 0 spiro atoms. The van der Waals surface area contributed by atoms with Gasteiger partial charge in [-0.2, -0.15) is 0 Å². The van der Waals surface area contributed by atoms with Gasteiger partial charge in [0.05, 0.1) is 0 Å². The third-order valence-corrected chi connectivity index (χ3v) is 3.66. The molecule has 1 rings (SSSR count). The zero-order chi connectivity index (χ0) is 8.81. The molecule has 0 bridgehead atoms. The standard InChI is InChI=1S/C10H11IS/c1-9(7-11)8-12-10-5-3-2-4-6-10/h2-7H,8H2,1H3/b9-7+. The van der Waals surface area contributed by atoms with E-state index < -0.39 is 0 Å². The lowest BCUT2D eigenvalue weighted by Gasteiger charge is -1.99. The Morgan fingerprint density at radius 3 is 2.67 bits per heavy atom. The normalized spacial score (nSPS) is 11.7. The molecule has 0 aromatic heterocycles. The highest BCUT2D eigenvalue weighted by molar-refractivity contribution is 14.1. The van der Waals surface area contributed by atoms with Crippen LogP contribution in [-0.2, 0) is 0 Å². The molecule has 0 aliphatic carbocycles. The lowest BCUT2D eigenvalue weighted by atomic mass is 10.4. The number of hydrogen-bond donors (Lipinski definition) is 0. The van der Waals surface area contributed by atoms with Crippen molar-refractivity contribution in [2.24, 2.45) is 0 Å². The quantitative estimate of drug-likeness (QED) is 0.596. The average Bonchev–Trinajstić information content (AvgIpc) is 2.16. The van der Waals surface area contributed by atoms with E-state index in [1.807, 2.05) is 17.8 Å². The van der Waals surface area contributed by atoms with Crippen molar-refractivity contribution in [1.82, 2.24) is 0 Å². The highest BCUT2D eigenvalue weighted by atomic mass is 127. The fourth-order valence-corrected chi connectivity index (χ4v) is 2.09. The van der Waals surface area contributed by atoms with Gasteiger partial charge in [0.2, 0.25) is 0 Å². The fourth-order valence-electron chi connectivity index (χ4n) is 0.745. The second-order valence-electron chi connectivity index (χ2n) is 2.56. The lowest BCUT2D eigenvalue weighted by Crippen LogP contribution is -1.79. The van der Waals surface area contributed by atoms with Crippen molar-refractivity contribution in [1.29, 1.82) is 0 Å². The van der Waals surface area contributed by atoms with Crippen LogP contribution in [0.5, 0.6) is 0 Å². The molecule has 12 heavy (non-hydrogen) atoms. The van der Waals surface area contributed by atoms with E-state index in [9.17, 15) is 0 Å². The number of rotatable bonds is 3. The zero-order valence-corrected chi connectivity index (χ0v) is 9.93. The monoisotopic (exact) mass is 290 g/mol. The van der Waals surface area contributed by atoms with Gasteiger partial charge in [0, 0.05) is 10.6 Å². The maximum absolute atomic E-state index is 2.28. The van der Waals surface area contributed by atoms with E-state index in [1.54, 1.807) is 0 Å². The molecule has 0 radical (unpaired) electrons. The van der Waals surface area contributed by atoms with E-state index in [4.69, 9.17) is 0 Å². The molecule has 0 heterocycles. The molecule has 0 atom stereocenters. The first-order chi connectivity index (χ1) is 5.83. The Morgan fingerprint density at radius 1 is 1.42 bits per heavy atom. The minimum atomic E-state index is 1.09. The molecule has 0 saturated heterocycles. The first-order valence-electron chi connectivity index (χ1n) is 3.76. The lowest BCUT2D eigenvalue weighted by molar-refractivity contribution is 1.40. The molecule has 0 amide bonds. The van der Waals surface area contributed by atoms with Gasteiger partial charge in [-0.15, -0.1) is 11.8 Å². The van der Waals surface area contributed by atoms with E-state index >= 15 is 0 Å². The van der Waals surface area contributed by atoms with Crippen LogP contribution in [-0.4, -0.2) is 5.75 Å². The van der Waals surface area contributed by atoms with Gasteiger partial charge < -0.3 is 0 Å². The Morgan fingerprint density at radius 2 is 2.08 bits per heavy atom. The summed E-state index contributed by atoms with van der Waals surface area (Å²) in [6, 6.07) is 10.5. The Bertz CT molecular complexity index is 254.